The summed E-state index contributed by atoms with van der Waals surface area (Å²) < 4.78 is 5.43. The lowest BCUT2D eigenvalue weighted by atomic mass is 10.2. The summed E-state index contributed by atoms with van der Waals surface area (Å²) in [6, 6.07) is 18.0. The summed E-state index contributed by atoms with van der Waals surface area (Å²) in [5, 5.41) is 4.88. The molecule has 1 fully saturated rings. The molecule has 0 bridgehead atoms. The number of piperazine rings is 1. The molecule has 5 nitrogen and oxygen atoms in total. The predicted molar refractivity (Wildman–Crippen MR) is 102 cm³/mol. The summed E-state index contributed by atoms with van der Waals surface area (Å²) in [6.07, 6.45) is 0. The van der Waals surface area contributed by atoms with Crippen molar-refractivity contribution in [2.24, 2.45) is 0 Å². The van der Waals surface area contributed by atoms with Crippen molar-refractivity contribution < 1.29 is 4.52 Å². The average molecular weight is 369 g/mol. The second-order valence-corrected chi connectivity index (χ2v) is 6.99. The van der Waals surface area contributed by atoms with Crippen molar-refractivity contribution in [3.63, 3.8) is 0 Å². The number of hydrogen-bond acceptors (Lipinski definition) is 5. The molecule has 2 aromatic carbocycles. The number of aromatic nitrogens is 2. The maximum atomic E-state index is 5.95. The van der Waals surface area contributed by atoms with E-state index in [1.54, 1.807) is 0 Å². The molecule has 0 N–H and O–H groups in total. The molecule has 1 aliphatic rings. The van der Waals surface area contributed by atoms with Crippen molar-refractivity contribution >= 4 is 11.6 Å². The Labute approximate surface area is 158 Å². The van der Waals surface area contributed by atoms with Crippen LogP contribution in [0, 0.1) is 0 Å². The van der Waals surface area contributed by atoms with E-state index in [-0.39, 0.29) is 0 Å². The molecule has 3 aromatic rings. The third-order valence-corrected chi connectivity index (χ3v) is 4.90. The molecule has 0 amide bonds. The predicted octanol–water partition coefficient (Wildman–Crippen LogP) is 3.71. The van der Waals surface area contributed by atoms with Crippen LogP contribution in [0.3, 0.4) is 0 Å². The molecule has 2 heterocycles. The van der Waals surface area contributed by atoms with Gasteiger partial charge < -0.3 is 4.52 Å². The molecule has 0 radical (unpaired) electrons. The molecular weight excluding hydrogens is 348 g/mol. The van der Waals surface area contributed by atoms with E-state index in [4.69, 9.17) is 16.1 Å². The first kappa shape index (κ1) is 17.2. The molecule has 1 aliphatic heterocycles. The van der Waals surface area contributed by atoms with Crippen molar-refractivity contribution in [3.8, 4) is 11.4 Å². The molecular formula is C20H21ClN4O. The largest absolute Gasteiger partial charge is 0.338 e. The maximum Gasteiger partial charge on any atom is 0.241 e. The molecule has 0 aliphatic carbocycles. The Morgan fingerprint density at radius 3 is 2.19 bits per heavy atom. The van der Waals surface area contributed by atoms with Crippen molar-refractivity contribution in [3.05, 3.63) is 71.1 Å². The fraction of sp³-hybridized carbons (Fsp3) is 0.300. The lowest BCUT2D eigenvalue weighted by molar-refractivity contribution is 0.112. The molecule has 0 spiro atoms. The highest BCUT2D eigenvalue weighted by Gasteiger charge is 2.19. The standard InChI is InChI=1S/C20H21ClN4O/c21-18-8-6-16(7-9-18)14-24-10-12-25(13-11-24)15-19-22-20(23-26-19)17-4-2-1-3-5-17/h1-9H,10-15H2. The Bertz CT molecular complexity index is 827. The second kappa shape index (κ2) is 7.99. The summed E-state index contributed by atoms with van der Waals surface area (Å²) in [7, 11) is 0. The van der Waals surface area contributed by atoms with Crippen LogP contribution in [-0.2, 0) is 13.1 Å². The van der Waals surface area contributed by atoms with Gasteiger partial charge in [0.05, 0.1) is 6.54 Å². The first-order valence-corrected chi connectivity index (χ1v) is 9.21. The van der Waals surface area contributed by atoms with Crippen LogP contribution in [0.5, 0.6) is 0 Å². The highest BCUT2D eigenvalue weighted by atomic mass is 35.5. The van der Waals surface area contributed by atoms with Gasteiger partial charge in [-0.25, -0.2) is 0 Å². The maximum absolute atomic E-state index is 5.95. The van der Waals surface area contributed by atoms with Crippen molar-refractivity contribution in [1.29, 1.82) is 0 Å². The van der Waals surface area contributed by atoms with Crippen LogP contribution in [0.25, 0.3) is 11.4 Å². The highest BCUT2D eigenvalue weighted by molar-refractivity contribution is 6.30. The minimum Gasteiger partial charge on any atom is -0.338 e. The molecule has 0 saturated carbocycles. The lowest BCUT2D eigenvalue weighted by Crippen LogP contribution is -2.45. The lowest BCUT2D eigenvalue weighted by Gasteiger charge is -2.33. The molecule has 1 saturated heterocycles. The Balaban J connectivity index is 1.29. The summed E-state index contributed by atoms with van der Waals surface area (Å²) in [5.74, 6) is 1.33. The van der Waals surface area contributed by atoms with Gasteiger partial charge in [-0.05, 0) is 17.7 Å². The number of rotatable bonds is 5. The van der Waals surface area contributed by atoms with Crippen molar-refractivity contribution in [2.45, 2.75) is 13.1 Å². The third-order valence-electron chi connectivity index (χ3n) is 4.64. The smallest absolute Gasteiger partial charge is 0.241 e. The summed E-state index contributed by atoms with van der Waals surface area (Å²) in [5.41, 5.74) is 2.28. The first-order valence-electron chi connectivity index (χ1n) is 8.83. The van der Waals surface area contributed by atoms with E-state index in [1.807, 2.05) is 42.5 Å². The van der Waals surface area contributed by atoms with Gasteiger partial charge in [-0.15, -0.1) is 0 Å². The first-order chi connectivity index (χ1) is 12.8. The average Bonchev–Trinajstić information content (AvgIpc) is 3.14. The molecule has 0 atom stereocenters. The Morgan fingerprint density at radius 1 is 0.846 bits per heavy atom. The van der Waals surface area contributed by atoms with Crippen LogP contribution < -0.4 is 0 Å². The van der Waals surface area contributed by atoms with E-state index in [0.717, 1.165) is 43.3 Å². The number of nitrogens with zero attached hydrogens (tertiary/aromatic N) is 4. The van der Waals surface area contributed by atoms with Crippen LogP contribution >= 0.6 is 11.6 Å². The van der Waals surface area contributed by atoms with Crippen molar-refractivity contribution in [1.82, 2.24) is 19.9 Å². The number of halogens is 1. The SMILES string of the molecule is Clc1ccc(CN2CCN(Cc3nc(-c4ccccc4)no3)CC2)cc1. The van der Waals surface area contributed by atoms with Gasteiger partial charge in [0.2, 0.25) is 11.7 Å². The van der Waals surface area contributed by atoms with Crippen LogP contribution in [0.2, 0.25) is 5.02 Å². The van der Waals surface area contributed by atoms with Crippen LogP contribution in [0.15, 0.2) is 59.1 Å². The second-order valence-electron chi connectivity index (χ2n) is 6.56. The van der Waals surface area contributed by atoms with Gasteiger partial charge in [-0.2, -0.15) is 4.98 Å². The van der Waals surface area contributed by atoms with E-state index in [9.17, 15) is 0 Å². The minimum atomic E-state index is 0.655. The number of benzene rings is 2. The van der Waals surface area contributed by atoms with Gasteiger partial charge >= 0.3 is 0 Å². The molecule has 134 valence electrons. The molecule has 0 unspecified atom stereocenters. The van der Waals surface area contributed by atoms with Crippen LogP contribution in [-0.4, -0.2) is 46.1 Å². The Morgan fingerprint density at radius 2 is 1.50 bits per heavy atom. The topological polar surface area (TPSA) is 45.4 Å². The summed E-state index contributed by atoms with van der Waals surface area (Å²) >= 11 is 5.95. The van der Waals surface area contributed by atoms with Gasteiger partial charge in [-0.1, -0.05) is 59.2 Å². The highest BCUT2D eigenvalue weighted by Crippen LogP contribution is 2.17. The monoisotopic (exact) mass is 368 g/mol. The third kappa shape index (κ3) is 4.30. The van der Waals surface area contributed by atoms with E-state index >= 15 is 0 Å². The molecule has 6 heteroatoms. The van der Waals surface area contributed by atoms with Gasteiger partial charge in [-0.3, -0.25) is 9.80 Å². The van der Waals surface area contributed by atoms with Crippen molar-refractivity contribution in [2.75, 3.05) is 26.2 Å². The zero-order valence-electron chi connectivity index (χ0n) is 14.5. The number of hydrogen-bond donors (Lipinski definition) is 0. The zero-order valence-corrected chi connectivity index (χ0v) is 15.3. The van der Waals surface area contributed by atoms with E-state index in [2.05, 4.69) is 32.1 Å². The fourth-order valence-electron chi connectivity index (χ4n) is 3.17. The van der Waals surface area contributed by atoms with E-state index < -0.39 is 0 Å². The molecule has 26 heavy (non-hydrogen) atoms. The molecule has 1 aromatic heterocycles. The summed E-state index contributed by atoms with van der Waals surface area (Å²) in [4.78, 5) is 9.35. The minimum absolute atomic E-state index is 0.655. The normalized spacial score (nSPS) is 16.0. The van der Waals surface area contributed by atoms with Gasteiger partial charge in [0.15, 0.2) is 0 Å². The van der Waals surface area contributed by atoms with Gasteiger partial charge in [0.25, 0.3) is 0 Å². The van der Waals surface area contributed by atoms with Gasteiger partial charge in [0.1, 0.15) is 0 Å². The Kier molecular flexibility index (Phi) is 5.29. The van der Waals surface area contributed by atoms with Crippen LogP contribution in [0.4, 0.5) is 0 Å². The van der Waals surface area contributed by atoms with Crippen LogP contribution in [0.1, 0.15) is 11.5 Å². The molecule has 4 rings (SSSR count). The quantitative estimate of drug-likeness (QED) is 0.687. The summed E-state index contributed by atoms with van der Waals surface area (Å²) in [6.45, 7) is 5.72. The fourth-order valence-corrected chi connectivity index (χ4v) is 3.29. The van der Waals surface area contributed by atoms with E-state index in [0.29, 0.717) is 18.3 Å². The van der Waals surface area contributed by atoms with Gasteiger partial charge in [0, 0.05) is 43.3 Å². The Hall–Kier alpha value is -2.21. The zero-order chi connectivity index (χ0) is 17.8. The van der Waals surface area contributed by atoms with E-state index in [1.165, 1.54) is 5.56 Å².